The zero-order valence-electron chi connectivity index (χ0n) is 73.5. The lowest BCUT2D eigenvalue weighted by molar-refractivity contribution is 0.0105. The lowest BCUT2D eigenvalue weighted by Gasteiger charge is -2.40. The molecule has 124 heavy (non-hydrogen) atoms. The number of anilines is 4. The van der Waals surface area contributed by atoms with E-state index < -0.39 is 0 Å². The lowest BCUT2D eigenvalue weighted by atomic mass is 9.87. The summed E-state index contributed by atoms with van der Waals surface area (Å²) < 4.78 is 76.7. The Morgan fingerprint density at radius 3 is 1.24 bits per heavy atom. The van der Waals surface area contributed by atoms with Crippen molar-refractivity contribution in [1.82, 2.24) is 20.9 Å². The molecule has 0 aromatic heterocycles. The zero-order chi connectivity index (χ0) is 84.7. The summed E-state index contributed by atoms with van der Waals surface area (Å²) in [7, 11) is 5.27. The second-order valence-corrected chi connectivity index (χ2v) is 33.8. The Balaban J connectivity index is 0.000000144. The van der Waals surface area contributed by atoms with Gasteiger partial charge in [-0.3, -0.25) is 4.90 Å². The van der Waals surface area contributed by atoms with Gasteiger partial charge in [0.05, 0.1) is 94.1 Å². The van der Waals surface area contributed by atoms with E-state index in [-0.39, 0.29) is 18.3 Å². The van der Waals surface area contributed by atoms with Gasteiger partial charge in [0.25, 0.3) is 0 Å². The fourth-order valence-electron chi connectivity index (χ4n) is 18.4. The van der Waals surface area contributed by atoms with Crippen LogP contribution in [0.4, 0.5) is 22.7 Å². The maximum absolute atomic E-state index is 6.60. The van der Waals surface area contributed by atoms with Crippen molar-refractivity contribution in [3.05, 3.63) is 262 Å². The highest BCUT2D eigenvalue weighted by molar-refractivity contribution is 5.63. The Morgan fingerprint density at radius 1 is 0.363 bits per heavy atom. The van der Waals surface area contributed by atoms with Gasteiger partial charge in [0, 0.05) is 136 Å². The molecule has 8 aliphatic heterocycles. The first-order chi connectivity index (χ1) is 61.3. The fraction of sp³-hybridized carbons (Fsp3) is 0.476. The smallest absolute Gasteiger partial charge is 0.142 e. The molecular formula is C103H132N8O13. The van der Waals surface area contributed by atoms with Crippen molar-refractivity contribution in [2.45, 2.75) is 133 Å². The number of nitrogens with zero attached hydrogens (tertiary/aromatic N) is 5. The van der Waals surface area contributed by atoms with Crippen LogP contribution in [-0.2, 0) is 66.1 Å². The van der Waals surface area contributed by atoms with Crippen LogP contribution in [0.5, 0.6) is 34.5 Å². The molecule has 5 fully saturated rings. The maximum atomic E-state index is 6.60. The van der Waals surface area contributed by atoms with Crippen molar-refractivity contribution in [1.29, 1.82) is 0 Å². The summed E-state index contributed by atoms with van der Waals surface area (Å²) in [5.74, 6) is 7.08. The first-order valence-corrected chi connectivity index (χ1v) is 45.7. The SMILES string of the molecule is CCOc1cccc(OCCOc2ccc([C@H]3CCNC[C@@H]3OCc3ccc4c(c3)N(CCCOC)CCO4)cc2)c1.COCCCN1CCOc2ccc(CO[C@H]3CNCC[C@@H]3c3ccc(CN4CCC(c5ccccc5)C4)cc3)cc21.COCCCN1CCOc2ccc(CO[C@H]3CNCC[C@@H]3c3ccc(COC4CN(c5ccccc5)C4)cc3)cc21. The van der Waals surface area contributed by atoms with Crippen molar-refractivity contribution >= 4 is 22.7 Å². The van der Waals surface area contributed by atoms with Crippen LogP contribution in [0.3, 0.4) is 0 Å². The molecule has 0 spiro atoms. The number of nitrogens with one attached hydrogen (secondary N) is 3. The highest BCUT2D eigenvalue weighted by Gasteiger charge is 2.34. The molecule has 0 bridgehead atoms. The molecule has 662 valence electrons. The molecule has 0 radical (unpaired) electrons. The van der Waals surface area contributed by atoms with Gasteiger partial charge in [-0.2, -0.15) is 0 Å². The average Bonchev–Trinajstić information content (AvgIpc) is 1.04. The molecule has 21 nitrogen and oxygen atoms in total. The number of rotatable bonds is 38. The first-order valence-electron chi connectivity index (χ1n) is 45.7. The maximum Gasteiger partial charge on any atom is 0.142 e. The van der Waals surface area contributed by atoms with Crippen LogP contribution in [-0.4, -0.2) is 215 Å². The quantitative estimate of drug-likeness (QED) is 0.0312. The highest BCUT2D eigenvalue weighted by atomic mass is 16.5. The van der Waals surface area contributed by atoms with Crippen LogP contribution >= 0.6 is 0 Å². The van der Waals surface area contributed by atoms with Crippen molar-refractivity contribution in [2.24, 2.45) is 0 Å². The van der Waals surface area contributed by atoms with Gasteiger partial charge < -0.3 is 97.1 Å². The molecule has 21 heteroatoms. The number of hydrogen-bond acceptors (Lipinski definition) is 21. The average molecular weight is 1690 g/mol. The minimum absolute atomic E-state index is 0.0939. The van der Waals surface area contributed by atoms with E-state index in [2.05, 4.69) is 216 Å². The third-order valence-electron chi connectivity index (χ3n) is 25.2. The first kappa shape index (κ1) is 89.4. The van der Waals surface area contributed by atoms with Crippen molar-refractivity contribution in [3.63, 3.8) is 0 Å². The molecule has 0 aliphatic carbocycles. The molecule has 1 unspecified atom stereocenters. The molecule has 7 atom stereocenters. The minimum atomic E-state index is 0.0939. The summed E-state index contributed by atoms with van der Waals surface area (Å²) in [6.07, 6.45) is 8.14. The third-order valence-corrected chi connectivity index (χ3v) is 25.2. The lowest BCUT2D eigenvalue weighted by Crippen LogP contribution is -2.52. The van der Waals surface area contributed by atoms with Crippen molar-refractivity contribution in [3.8, 4) is 34.5 Å². The molecule has 17 rings (SSSR count). The zero-order valence-corrected chi connectivity index (χ0v) is 73.5. The number of hydrogen-bond donors (Lipinski definition) is 3. The van der Waals surface area contributed by atoms with Gasteiger partial charge in [-0.05, 0) is 207 Å². The summed E-state index contributed by atoms with van der Waals surface area (Å²) in [5.41, 5.74) is 16.4. The number of methoxy groups -OCH3 is 3. The second kappa shape index (κ2) is 47.2. The van der Waals surface area contributed by atoms with Crippen LogP contribution in [0.2, 0.25) is 0 Å². The molecule has 8 aliphatic rings. The normalized spacial score (nSPS) is 20.6. The molecular weight excluding hydrogens is 1560 g/mol. The van der Waals surface area contributed by atoms with Crippen LogP contribution in [0.1, 0.15) is 126 Å². The minimum Gasteiger partial charge on any atom is -0.494 e. The van der Waals surface area contributed by atoms with E-state index in [0.29, 0.717) is 82.6 Å². The number of likely N-dealkylation sites (tertiary alicyclic amines) is 1. The Labute approximate surface area is 736 Å². The van der Waals surface area contributed by atoms with Gasteiger partial charge in [-0.25, -0.2) is 0 Å². The third kappa shape index (κ3) is 25.5. The monoisotopic (exact) mass is 1690 g/mol. The molecule has 3 N–H and O–H groups in total. The van der Waals surface area contributed by atoms with Gasteiger partial charge >= 0.3 is 0 Å². The van der Waals surface area contributed by atoms with E-state index in [1.54, 1.807) is 21.3 Å². The van der Waals surface area contributed by atoms with Gasteiger partial charge in [0.2, 0.25) is 0 Å². The predicted octanol–water partition coefficient (Wildman–Crippen LogP) is 16.0. The molecule has 9 aromatic rings. The van der Waals surface area contributed by atoms with Gasteiger partial charge in [0.15, 0.2) is 0 Å². The number of ether oxygens (including phenoxy) is 13. The number of para-hydroxylation sites is 1. The van der Waals surface area contributed by atoms with Crippen LogP contribution < -0.4 is 64.0 Å². The summed E-state index contributed by atoms with van der Waals surface area (Å²) in [6.45, 7) is 26.9. The Bertz CT molecular complexity index is 4630. The molecule has 0 saturated carbocycles. The largest absolute Gasteiger partial charge is 0.494 e. The topological polar surface area (TPSA) is 172 Å². The Morgan fingerprint density at radius 2 is 0.782 bits per heavy atom. The van der Waals surface area contributed by atoms with E-state index >= 15 is 0 Å². The summed E-state index contributed by atoms with van der Waals surface area (Å²) in [6, 6.07) is 75.4. The molecule has 9 aromatic carbocycles. The van der Waals surface area contributed by atoms with Gasteiger partial charge in [0.1, 0.15) is 67.5 Å². The van der Waals surface area contributed by atoms with Gasteiger partial charge in [-0.15, -0.1) is 0 Å². The summed E-state index contributed by atoms with van der Waals surface area (Å²) in [4.78, 5) is 12.2. The number of piperidine rings is 3. The summed E-state index contributed by atoms with van der Waals surface area (Å²) >= 11 is 0. The van der Waals surface area contributed by atoms with Crippen molar-refractivity contribution in [2.75, 3.05) is 205 Å². The molecule has 0 amide bonds. The van der Waals surface area contributed by atoms with E-state index in [4.69, 9.17) is 61.6 Å². The van der Waals surface area contributed by atoms with Crippen LogP contribution in [0.25, 0.3) is 0 Å². The highest BCUT2D eigenvalue weighted by Crippen LogP contribution is 2.40. The standard InChI is InChI=1S/C35H45N3O3.C34H43N3O4.C34H44N2O6/c1-39-20-5-17-38-19-21-40-34-13-10-28(22-33(34)38)26-41-35-23-36-16-14-32(35)30-11-8-27(9-12-30)24-37-18-15-31(25-37)29-6-3-2-4-7-29;1-38-18-5-16-36-17-19-39-33-13-10-27(20-32(33)36)25-41-34-21-35-15-14-31(34)28-11-8-26(9-12-28)24-40-30-22-37(23-30)29-6-3-2-4-7-29;1-3-38-29-6-4-7-30(23-29)40-21-20-39-28-11-9-27(10-12-28)31-14-15-35-24-34(31)42-25-26-8-13-33-32(22-26)36(17-19-41-33)16-5-18-37-2/h2-4,6-13,22,31-32,35-36H,5,14-21,23-26H2,1H3;2-4,6-13,20,30-31,34-35H,5,14-19,21-25H2,1H3;4,6-13,22-23,31,34-35H,3,5,14-21,24-25H2,1-2H3/t31?,32-,35+;2*31-,34+/m111/s1. The summed E-state index contributed by atoms with van der Waals surface area (Å²) in [5, 5.41) is 10.6. The molecule has 8 heterocycles. The van der Waals surface area contributed by atoms with E-state index in [1.807, 2.05) is 43.3 Å². The number of fused-ring (bicyclic) bond motifs is 3. The van der Waals surface area contributed by atoms with Gasteiger partial charge in [-0.1, -0.05) is 133 Å². The van der Waals surface area contributed by atoms with Crippen molar-refractivity contribution < 1.29 is 61.6 Å². The Hall–Kier alpha value is -9.46. The van der Waals surface area contributed by atoms with E-state index in [1.165, 1.54) is 74.5 Å². The van der Waals surface area contributed by atoms with E-state index in [0.717, 1.165) is 222 Å². The Kier molecular flexibility index (Phi) is 34.0. The fourth-order valence-corrected chi connectivity index (χ4v) is 18.4. The second-order valence-electron chi connectivity index (χ2n) is 33.8. The van der Waals surface area contributed by atoms with Crippen LogP contribution in [0, 0.1) is 0 Å². The molecule has 5 saturated heterocycles. The van der Waals surface area contributed by atoms with E-state index in [9.17, 15) is 0 Å². The predicted molar refractivity (Wildman–Crippen MR) is 493 cm³/mol. The van der Waals surface area contributed by atoms with Crippen LogP contribution in [0.15, 0.2) is 212 Å². The number of benzene rings is 9.